The molecule has 0 atom stereocenters. The van der Waals surface area contributed by atoms with Crippen molar-refractivity contribution >= 4 is 16.9 Å². The molecule has 0 unspecified atom stereocenters. The average Bonchev–Trinajstić information content (AvgIpc) is 3.38. The van der Waals surface area contributed by atoms with Crippen LogP contribution in [0.2, 0.25) is 0 Å². The maximum atomic E-state index is 13.5. The van der Waals surface area contributed by atoms with Crippen molar-refractivity contribution in [3.05, 3.63) is 54.3 Å². The third kappa shape index (κ3) is 3.19. The standard InChI is InChI=1S/C24H26N2O3/c1-28-18-7-8-19-20(15-18)29-22(21(19)17-5-3-2-4-6-17)23(27)26-13-10-24(11-14-26)9-12-25-16-24/h2-8,15,25H,9-14,16H2,1H3. The fourth-order valence-corrected chi connectivity index (χ4v) is 4.80. The number of fused-ring (bicyclic) bond motifs is 1. The van der Waals surface area contributed by atoms with Gasteiger partial charge in [-0.3, -0.25) is 4.79 Å². The molecule has 0 aliphatic carbocycles. The van der Waals surface area contributed by atoms with Crippen molar-refractivity contribution in [2.45, 2.75) is 19.3 Å². The zero-order valence-corrected chi connectivity index (χ0v) is 16.7. The minimum absolute atomic E-state index is 0.0140. The zero-order valence-electron chi connectivity index (χ0n) is 16.7. The van der Waals surface area contributed by atoms with E-state index >= 15 is 0 Å². The quantitative estimate of drug-likeness (QED) is 0.723. The Balaban J connectivity index is 1.52. The van der Waals surface area contributed by atoms with Crippen molar-refractivity contribution in [3.8, 4) is 16.9 Å². The molecule has 2 saturated heterocycles. The lowest BCUT2D eigenvalue weighted by atomic mass is 9.78. The monoisotopic (exact) mass is 390 g/mol. The van der Waals surface area contributed by atoms with E-state index < -0.39 is 0 Å². The van der Waals surface area contributed by atoms with Crippen LogP contribution in [-0.4, -0.2) is 44.1 Å². The summed E-state index contributed by atoms with van der Waals surface area (Å²) in [6.07, 6.45) is 3.33. The van der Waals surface area contributed by atoms with Gasteiger partial charge in [0.25, 0.3) is 5.91 Å². The molecule has 5 rings (SSSR count). The van der Waals surface area contributed by atoms with Crippen molar-refractivity contribution in [1.82, 2.24) is 10.2 Å². The Hall–Kier alpha value is -2.79. The molecule has 5 heteroatoms. The summed E-state index contributed by atoms with van der Waals surface area (Å²) in [7, 11) is 1.63. The van der Waals surface area contributed by atoms with Gasteiger partial charge >= 0.3 is 0 Å². The van der Waals surface area contributed by atoms with Crippen molar-refractivity contribution in [2.75, 3.05) is 33.3 Å². The first-order valence-corrected chi connectivity index (χ1v) is 10.4. The molecule has 2 aromatic carbocycles. The van der Waals surface area contributed by atoms with Crippen molar-refractivity contribution in [2.24, 2.45) is 5.41 Å². The van der Waals surface area contributed by atoms with Crippen LogP contribution in [-0.2, 0) is 0 Å². The number of likely N-dealkylation sites (tertiary alicyclic amines) is 1. The summed E-state index contributed by atoms with van der Waals surface area (Å²) in [6, 6.07) is 15.8. The van der Waals surface area contributed by atoms with Gasteiger partial charge in [0.1, 0.15) is 11.3 Å². The number of benzene rings is 2. The highest BCUT2D eigenvalue weighted by Crippen LogP contribution is 2.40. The predicted octanol–water partition coefficient (Wildman–Crippen LogP) is 4.32. The molecule has 1 amide bonds. The molecule has 1 N–H and O–H groups in total. The minimum atomic E-state index is -0.0140. The highest BCUT2D eigenvalue weighted by molar-refractivity contribution is 6.08. The molecule has 3 heterocycles. The Labute approximate surface area is 170 Å². The highest BCUT2D eigenvalue weighted by Gasteiger charge is 2.39. The second-order valence-corrected chi connectivity index (χ2v) is 8.25. The molecule has 1 aromatic heterocycles. The number of nitrogens with zero attached hydrogens (tertiary/aromatic N) is 1. The molecule has 150 valence electrons. The molecule has 2 aliphatic rings. The molecule has 1 spiro atoms. The second-order valence-electron chi connectivity index (χ2n) is 8.25. The molecular weight excluding hydrogens is 364 g/mol. The van der Waals surface area contributed by atoms with E-state index in [0.717, 1.165) is 61.3 Å². The van der Waals surface area contributed by atoms with Gasteiger partial charge < -0.3 is 19.4 Å². The zero-order chi connectivity index (χ0) is 19.8. The van der Waals surface area contributed by atoms with Gasteiger partial charge in [0, 0.05) is 36.7 Å². The van der Waals surface area contributed by atoms with Crippen LogP contribution in [0.15, 0.2) is 52.9 Å². The van der Waals surface area contributed by atoms with Gasteiger partial charge in [0.15, 0.2) is 0 Å². The van der Waals surface area contributed by atoms with Crippen LogP contribution in [0.5, 0.6) is 5.75 Å². The summed E-state index contributed by atoms with van der Waals surface area (Å²) in [5, 5.41) is 4.42. The van der Waals surface area contributed by atoms with Gasteiger partial charge in [-0.1, -0.05) is 30.3 Å². The molecule has 29 heavy (non-hydrogen) atoms. The first kappa shape index (κ1) is 18.3. The Bertz CT molecular complexity index is 1020. The summed E-state index contributed by atoms with van der Waals surface area (Å²) in [5.41, 5.74) is 2.92. The normalized spacial score (nSPS) is 18.4. The van der Waals surface area contributed by atoms with Crippen LogP contribution in [0.4, 0.5) is 0 Å². The third-order valence-electron chi connectivity index (χ3n) is 6.60. The molecule has 2 aliphatic heterocycles. The summed E-state index contributed by atoms with van der Waals surface area (Å²) in [4.78, 5) is 15.5. The molecule has 0 saturated carbocycles. The van der Waals surface area contributed by atoms with E-state index in [0.29, 0.717) is 16.8 Å². The van der Waals surface area contributed by atoms with Gasteiger partial charge in [0.05, 0.1) is 7.11 Å². The van der Waals surface area contributed by atoms with Crippen LogP contribution in [0.1, 0.15) is 29.8 Å². The first-order valence-electron chi connectivity index (χ1n) is 10.4. The maximum Gasteiger partial charge on any atom is 0.290 e. The summed E-state index contributed by atoms with van der Waals surface area (Å²) < 4.78 is 11.5. The lowest BCUT2D eigenvalue weighted by molar-refractivity contribution is 0.0580. The van der Waals surface area contributed by atoms with Crippen LogP contribution in [0.25, 0.3) is 22.1 Å². The summed E-state index contributed by atoms with van der Waals surface area (Å²) in [5.74, 6) is 1.14. The fourth-order valence-electron chi connectivity index (χ4n) is 4.80. The lowest BCUT2D eigenvalue weighted by Crippen LogP contribution is -2.44. The van der Waals surface area contributed by atoms with E-state index in [4.69, 9.17) is 9.15 Å². The summed E-state index contributed by atoms with van der Waals surface area (Å²) >= 11 is 0. The number of nitrogens with one attached hydrogen (secondary N) is 1. The number of furan rings is 1. The highest BCUT2D eigenvalue weighted by atomic mass is 16.5. The molecule has 3 aromatic rings. The molecule has 2 fully saturated rings. The summed E-state index contributed by atoms with van der Waals surface area (Å²) in [6.45, 7) is 3.75. The number of methoxy groups -OCH3 is 1. The van der Waals surface area contributed by atoms with Crippen LogP contribution < -0.4 is 10.1 Å². The van der Waals surface area contributed by atoms with Gasteiger partial charge in [-0.05, 0) is 48.9 Å². The number of ether oxygens (including phenoxy) is 1. The predicted molar refractivity (Wildman–Crippen MR) is 113 cm³/mol. The van der Waals surface area contributed by atoms with E-state index in [9.17, 15) is 4.79 Å². The average molecular weight is 390 g/mol. The minimum Gasteiger partial charge on any atom is -0.497 e. The van der Waals surface area contributed by atoms with Gasteiger partial charge in [0.2, 0.25) is 5.76 Å². The molecule has 0 radical (unpaired) electrons. The fraction of sp³-hybridized carbons (Fsp3) is 0.375. The molecule has 0 bridgehead atoms. The number of hydrogen-bond acceptors (Lipinski definition) is 4. The van der Waals surface area contributed by atoms with E-state index in [2.05, 4.69) is 5.32 Å². The van der Waals surface area contributed by atoms with E-state index in [1.54, 1.807) is 7.11 Å². The smallest absolute Gasteiger partial charge is 0.290 e. The number of carbonyl (C=O) groups excluding carboxylic acids is 1. The Kier molecular flexibility index (Phi) is 4.55. The Morgan fingerprint density at radius 1 is 1.10 bits per heavy atom. The number of amides is 1. The van der Waals surface area contributed by atoms with E-state index in [-0.39, 0.29) is 5.91 Å². The first-order chi connectivity index (χ1) is 14.2. The van der Waals surface area contributed by atoms with Crippen molar-refractivity contribution < 1.29 is 13.9 Å². The van der Waals surface area contributed by atoms with Crippen molar-refractivity contribution in [3.63, 3.8) is 0 Å². The topological polar surface area (TPSA) is 54.7 Å². The Morgan fingerprint density at radius 3 is 2.59 bits per heavy atom. The van der Waals surface area contributed by atoms with Crippen LogP contribution in [0, 0.1) is 5.41 Å². The molecular formula is C24H26N2O3. The number of carbonyl (C=O) groups is 1. The largest absolute Gasteiger partial charge is 0.497 e. The number of hydrogen-bond donors (Lipinski definition) is 1. The number of rotatable bonds is 3. The van der Waals surface area contributed by atoms with E-state index in [1.165, 1.54) is 6.42 Å². The molecule has 5 nitrogen and oxygen atoms in total. The van der Waals surface area contributed by atoms with E-state index in [1.807, 2.05) is 53.4 Å². The lowest BCUT2D eigenvalue weighted by Gasteiger charge is -2.38. The Morgan fingerprint density at radius 2 is 1.90 bits per heavy atom. The van der Waals surface area contributed by atoms with Gasteiger partial charge in [-0.2, -0.15) is 0 Å². The van der Waals surface area contributed by atoms with Crippen LogP contribution in [0.3, 0.4) is 0 Å². The maximum absolute atomic E-state index is 13.5. The van der Waals surface area contributed by atoms with Crippen molar-refractivity contribution in [1.29, 1.82) is 0 Å². The second kappa shape index (κ2) is 7.23. The third-order valence-corrected chi connectivity index (χ3v) is 6.60. The van der Waals surface area contributed by atoms with Gasteiger partial charge in [-0.15, -0.1) is 0 Å². The van der Waals surface area contributed by atoms with Gasteiger partial charge in [-0.25, -0.2) is 0 Å². The van der Waals surface area contributed by atoms with Crippen LogP contribution >= 0.6 is 0 Å². The number of piperidine rings is 1. The SMILES string of the molecule is COc1ccc2c(-c3ccccc3)c(C(=O)N3CCC4(CCNC4)CC3)oc2c1.